The number of nitrogens with zero attached hydrogens (tertiary/aromatic N) is 2. The van der Waals surface area contributed by atoms with Gasteiger partial charge in [0.15, 0.2) is 0 Å². The fourth-order valence-corrected chi connectivity index (χ4v) is 3.67. The number of aryl methyl sites for hydroxylation is 1. The van der Waals surface area contributed by atoms with Crippen LogP contribution in [0.15, 0.2) is 42.5 Å². The predicted molar refractivity (Wildman–Crippen MR) is 102 cm³/mol. The third-order valence-electron chi connectivity index (χ3n) is 5.07. The summed E-state index contributed by atoms with van der Waals surface area (Å²) in [5, 5.41) is 2.85. The Morgan fingerprint density at radius 1 is 1.11 bits per heavy atom. The zero-order valence-electron chi connectivity index (χ0n) is 15.2. The van der Waals surface area contributed by atoms with E-state index in [0.717, 1.165) is 38.0 Å². The standard InChI is InChI=1S/C21H23N3O3/c25-20(22-14-16-8-5-13-27-16)17-9-3-10-18(23-17)21(26)24-12-4-7-15-6-1-2-11-19(15)24/h1-3,6,9-11,16H,4-5,7-8,12-14H2,(H,22,25). The zero-order valence-corrected chi connectivity index (χ0v) is 15.2. The van der Waals surface area contributed by atoms with Crippen LogP contribution < -0.4 is 10.2 Å². The Labute approximate surface area is 158 Å². The molecule has 0 radical (unpaired) electrons. The maximum Gasteiger partial charge on any atom is 0.276 e. The van der Waals surface area contributed by atoms with Crippen LogP contribution in [0, 0.1) is 0 Å². The van der Waals surface area contributed by atoms with Crippen LogP contribution in [0.5, 0.6) is 0 Å². The number of pyridine rings is 1. The smallest absolute Gasteiger partial charge is 0.276 e. The lowest BCUT2D eigenvalue weighted by atomic mass is 10.0. The molecular formula is C21H23N3O3. The van der Waals surface area contributed by atoms with E-state index < -0.39 is 0 Å². The van der Waals surface area contributed by atoms with E-state index in [1.165, 1.54) is 5.56 Å². The minimum Gasteiger partial charge on any atom is -0.376 e. The highest BCUT2D eigenvalue weighted by atomic mass is 16.5. The third-order valence-corrected chi connectivity index (χ3v) is 5.07. The van der Waals surface area contributed by atoms with E-state index in [2.05, 4.69) is 16.4 Å². The number of rotatable bonds is 4. The van der Waals surface area contributed by atoms with E-state index in [4.69, 9.17) is 4.74 Å². The lowest BCUT2D eigenvalue weighted by molar-refractivity contribution is 0.0853. The fraction of sp³-hybridized carbons (Fsp3) is 0.381. The first kappa shape index (κ1) is 17.7. The molecule has 0 saturated carbocycles. The average molecular weight is 365 g/mol. The monoisotopic (exact) mass is 365 g/mol. The molecule has 2 amide bonds. The van der Waals surface area contributed by atoms with Crippen molar-refractivity contribution in [1.29, 1.82) is 0 Å². The van der Waals surface area contributed by atoms with Gasteiger partial charge in [0.25, 0.3) is 11.8 Å². The largest absolute Gasteiger partial charge is 0.376 e. The van der Waals surface area contributed by atoms with E-state index in [9.17, 15) is 9.59 Å². The Kier molecular flexibility index (Phi) is 5.16. The van der Waals surface area contributed by atoms with Crippen molar-refractivity contribution in [1.82, 2.24) is 10.3 Å². The number of hydrogen-bond donors (Lipinski definition) is 1. The molecule has 4 rings (SSSR count). The lowest BCUT2D eigenvalue weighted by Crippen LogP contribution is -2.36. The molecule has 1 aromatic heterocycles. The summed E-state index contributed by atoms with van der Waals surface area (Å²) in [4.78, 5) is 31.5. The Morgan fingerprint density at radius 2 is 1.96 bits per heavy atom. The Balaban J connectivity index is 1.49. The van der Waals surface area contributed by atoms with Crippen molar-refractivity contribution in [3.05, 3.63) is 59.4 Å². The van der Waals surface area contributed by atoms with Crippen molar-refractivity contribution in [3.8, 4) is 0 Å². The van der Waals surface area contributed by atoms with Crippen LogP contribution >= 0.6 is 0 Å². The minimum atomic E-state index is -0.279. The minimum absolute atomic E-state index is 0.0728. The molecule has 0 spiro atoms. The van der Waals surface area contributed by atoms with Gasteiger partial charge < -0.3 is 15.0 Å². The second-order valence-corrected chi connectivity index (χ2v) is 6.94. The first-order valence-electron chi connectivity index (χ1n) is 9.49. The molecular weight excluding hydrogens is 342 g/mol. The van der Waals surface area contributed by atoms with E-state index in [1.54, 1.807) is 23.1 Å². The predicted octanol–water partition coefficient (Wildman–Crippen LogP) is 2.58. The molecule has 140 valence electrons. The number of para-hydroxylation sites is 1. The van der Waals surface area contributed by atoms with Gasteiger partial charge in [-0.25, -0.2) is 4.98 Å². The van der Waals surface area contributed by atoms with Gasteiger partial charge in [-0.3, -0.25) is 9.59 Å². The first-order chi connectivity index (χ1) is 13.2. The number of carbonyl (C=O) groups excluding carboxylic acids is 2. The van der Waals surface area contributed by atoms with Gasteiger partial charge in [-0.1, -0.05) is 24.3 Å². The molecule has 0 bridgehead atoms. The number of amides is 2. The zero-order chi connectivity index (χ0) is 18.6. The van der Waals surface area contributed by atoms with Crippen molar-refractivity contribution < 1.29 is 14.3 Å². The summed E-state index contributed by atoms with van der Waals surface area (Å²) in [7, 11) is 0. The van der Waals surface area contributed by atoms with Crippen molar-refractivity contribution in [3.63, 3.8) is 0 Å². The second-order valence-electron chi connectivity index (χ2n) is 6.94. The van der Waals surface area contributed by atoms with Gasteiger partial charge >= 0.3 is 0 Å². The molecule has 2 aromatic rings. The highest BCUT2D eigenvalue weighted by Crippen LogP contribution is 2.27. The SMILES string of the molecule is O=C(NCC1CCCO1)c1cccc(C(=O)N2CCCc3ccccc32)n1. The Morgan fingerprint density at radius 3 is 2.81 bits per heavy atom. The van der Waals surface area contributed by atoms with E-state index in [1.807, 2.05) is 18.2 Å². The average Bonchev–Trinajstić information content (AvgIpc) is 3.25. The summed E-state index contributed by atoms with van der Waals surface area (Å²) >= 11 is 0. The molecule has 1 atom stereocenters. The quantitative estimate of drug-likeness (QED) is 0.904. The summed E-state index contributed by atoms with van der Waals surface area (Å²) in [6, 6.07) is 12.9. The molecule has 3 heterocycles. The van der Waals surface area contributed by atoms with E-state index >= 15 is 0 Å². The maximum absolute atomic E-state index is 13.0. The fourth-order valence-electron chi connectivity index (χ4n) is 3.67. The summed E-state index contributed by atoms with van der Waals surface area (Å²) in [5.41, 5.74) is 2.65. The highest BCUT2D eigenvalue weighted by molar-refractivity contribution is 6.06. The first-order valence-corrected chi connectivity index (χ1v) is 9.49. The molecule has 1 saturated heterocycles. The lowest BCUT2D eigenvalue weighted by Gasteiger charge is -2.29. The number of carbonyl (C=O) groups is 2. The summed E-state index contributed by atoms with van der Waals surface area (Å²) in [5.74, 6) is -0.449. The Hall–Kier alpha value is -2.73. The number of hydrogen-bond acceptors (Lipinski definition) is 4. The molecule has 27 heavy (non-hydrogen) atoms. The molecule has 6 heteroatoms. The second kappa shape index (κ2) is 7.88. The van der Waals surface area contributed by atoms with Crippen LogP contribution in [-0.2, 0) is 11.2 Å². The number of nitrogens with one attached hydrogen (secondary N) is 1. The van der Waals surface area contributed by atoms with Gasteiger partial charge in [0.2, 0.25) is 0 Å². The number of fused-ring (bicyclic) bond motifs is 1. The number of benzene rings is 1. The van der Waals surface area contributed by atoms with Crippen LogP contribution in [0.25, 0.3) is 0 Å². The van der Waals surface area contributed by atoms with Crippen LogP contribution in [-0.4, -0.2) is 42.6 Å². The van der Waals surface area contributed by atoms with Gasteiger partial charge in [0.1, 0.15) is 11.4 Å². The normalized spacial score (nSPS) is 18.8. The Bertz CT molecular complexity index is 846. The van der Waals surface area contributed by atoms with Crippen LogP contribution in [0.1, 0.15) is 45.8 Å². The topological polar surface area (TPSA) is 71.5 Å². The summed E-state index contributed by atoms with van der Waals surface area (Å²) < 4.78 is 5.52. The molecule has 1 N–H and O–H groups in total. The van der Waals surface area contributed by atoms with Crippen molar-refractivity contribution in [2.45, 2.75) is 31.8 Å². The highest BCUT2D eigenvalue weighted by Gasteiger charge is 2.25. The third kappa shape index (κ3) is 3.85. The molecule has 0 aliphatic carbocycles. The number of anilines is 1. The van der Waals surface area contributed by atoms with E-state index in [0.29, 0.717) is 13.1 Å². The molecule has 6 nitrogen and oxygen atoms in total. The van der Waals surface area contributed by atoms with Crippen molar-refractivity contribution >= 4 is 17.5 Å². The molecule has 1 unspecified atom stereocenters. The maximum atomic E-state index is 13.0. The van der Waals surface area contributed by atoms with Gasteiger partial charge in [0.05, 0.1) is 6.10 Å². The van der Waals surface area contributed by atoms with Gasteiger partial charge in [-0.15, -0.1) is 0 Å². The van der Waals surface area contributed by atoms with Gasteiger partial charge in [-0.2, -0.15) is 0 Å². The van der Waals surface area contributed by atoms with Crippen molar-refractivity contribution in [2.24, 2.45) is 0 Å². The van der Waals surface area contributed by atoms with Gasteiger partial charge in [-0.05, 0) is 49.4 Å². The van der Waals surface area contributed by atoms with E-state index in [-0.39, 0.29) is 29.3 Å². The molecule has 1 fully saturated rings. The number of aromatic nitrogens is 1. The van der Waals surface area contributed by atoms with Crippen LogP contribution in [0.3, 0.4) is 0 Å². The molecule has 2 aliphatic heterocycles. The summed E-state index contributed by atoms with van der Waals surface area (Å²) in [6.45, 7) is 1.88. The van der Waals surface area contributed by atoms with Crippen LogP contribution in [0.2, 0.25) is 0 Å². The van der Waals surface area contributed by atoms with Crippen molar-refractivity contribution in [2.75, 3.05) is 24.6 Å². The number of ether oxygens (including phenoxy) is 1. The summed E-state index contributed by atoms with van der Waals surface area (Å²) in [6.07, 6.45) is 3.95. The molecule has 1 aromatic carbocycles. The molecule has 2 aliphatic rings. The van der Waals surface area contributed by atoms with Crippen LogP contribution in [0.4, 0.5) is 5.69 Å². The van der Waals surface area contributed by atoms with Gasteiger partial charge in [0, 0.05) is 25.4 Å².